The fourth-order valence-electron chi connectivity index (χ4n) is 3.46. The number of anilines is 1. The van der Waals surface area contributed by atoms with Crippen LogP contribution in [0.15, 0.2) is 24.3 Å². The molecule has 3 aromatic rings. The van der Waals surface area contributed by atoms with E-state index in [1.807, 2.05) is 42.5 Å². The van der Waals surface area contributed by atoms with Crippen LogP contribution in [0, 0.1) is 13.8 Å². The zero-order valence-corrected chi connectivity index (χ0v) is 19.1. The number of carbonyl (C=O) groups excluding carboxylic acids is 1. The molecule has 7 heteroatoms. The zero-order chi connectivity index (χ0) is 21.1. The minimum absolute atomic E-state index is 0.0387. The molecule has 0 saturated heterocycles. The lowest BCUT2D eigenvalue weighted by Crippen LogP contribution is -2.39. The van der Waals surface area contributed by atoms with Crippen LogP contribution in [-0.4, -0.2) is 51.8 Å². The van der Waals surface area contributed by atoms with Crippen molar-refractivity contribution >= 4 is 32.6 Å². The summed E-state index contributed by atoms with van der Waals surface area (Å²) in [5.41, 5.74) is 3.57. The lowest BCUT2D eigenvalue weighted by atomic mass is 10.2. The number of likely N-dealkylation sites (N-methyl/N-ethyl adjacent to an activating group) is 1. The molecule has 3 rings (SSSR count). The Labute approximate surface area is 177 Å². The quantitative estimate of drug-likeness (QED) is 0.538. The molecule has 0 bridgehead atoms. The van der Waals surface area contributed by atoms with E-state index < -0.39 is 0 Å². The van der Waals surface area contributed by atoms with Gasteiger partial charge in [-0.1, -0.05) is 37.3 Å². The van der Waals surface area contributed by atoms with Gasteiger partial charge in [-0.3, -0.25) is 14.4 Å². The fraction of sp³-hybridized carbons (Fsp3) is 0.500. The number of benzene rings is 1. The van der Waals surface area contributed by atoms with Crippen LogP contribution in [0.25, 0.3) is 10.2 Å². The molecule has 0 unspecified atom stereocenters. The molecule has 0 aliphatic heterocycles. The third-order valence-electron chi connectivity index (χ3n) is 5.19. The van der Waals surface area contributed by atoms with E-state index in [2.05, 4.69) is 42.9 Å². The predicted octanol–water partition coefficient (Wildman–Crippen LogP) is 4.68. The lowest BCUT2D eigenvalue weighted by molar-refractivity contribution is 0.0971. The summed E-state index contributed by atoms with van der Waals surface area (Å²) in [5, 5.41) is 5.28. The molecule has 6 nitrogen and oxygen atoms in total. The lowest BCUT2D eigenvalue weighted by Gasteiger charge is -2.25. The van der Waals surface area contributed by atoms with Crippen LogP contribution in [0.3, 0.4) is 0 Å². The molecule has 2 aromatic heterocycles. The molecule has 0 atom stereocenters. The van der Waals surface area contributed by atoms with Crippen LogP contribution in [0.5, 0.6) is 0 Å². The largest absolute Gasteiger partial charge is 0.302 e. The highest BCUT2D eigenvalue weighted by molar-refractivity contribution is 7.22. The molecule has 0 fully saturated rings. The van der Waals surface area contributed by atoms with Gasteiger partial charge in [-0.05, 0) is 58.5 Å². The maximum absolute atomic E-state index is 13.6. The molecular formula is C22H31N5OS. The van der Waals surface area contributed by atoms with Crippen LogP contribution in [-0.2, 0) is 0 Å². The van der Waals surface area contributed by atoms with Crippen LogP contribution in [0.1, 0.15) is 55.5 Å². The average molecular weight is 414 g/mol. The van der Waals surface area contributed by atoms with Crippen molar-refractivity contribution in [3.8, 4) is 0 Å². The molecule has 156 valence electrons. The summed E-state index contributed by atoms with van der Waals surface area (Å²) in [6, 6.07) is 8.17. The maximum atomic E-state index is 13.6. The highest BCUT2D eigenvalue weighted by atomic mass is 32.1. The Balaban J connectivity index is 2.02. The van der Waals surface area contributed by atoms with E-state index in [1.54, 1.807) is 11.3 Å². The van der Waals surface area contributed by atoms with E-state index in [0.717, 1.165) is 46.2 Å². The van der Waals surface area contributed by atoms with Crippen molar-refractivity contribution in [2.75, 3.05) is 31.1 Å². The first-order valence-corrected chi connectivity index (χ1v) is 11.1. The Morgan fingerprint density at radius 3 is 2.52 bits per heavy atom. The van der Waals surface area contributed by atoms with Crippen molar-refractivity contribution in [1.82, 2.24) is 19.7 Å². The van der Waals surface area contributed by atoms with Gasteiger partial charge in [-0.15, -0.1) is 0 Å². The number of carbonyl (C=O) groups is 1. The summed E-state index contributed by atoms with van der Waals surface area (Å²) in [4.78, 5) is 22.6. The molecule has 0 spiro atoms. The van der Waals surface area contributed by atoms with E-state index in [0.29, 0.717) is 12.2 Å². The van der Waals surface area contributed by atoms with Crippen LogP contribution >= 0.6 is 11.3 Å². The van der Waals surface area contributed by atoms with Gasteiger partial charge in [0, 0.05) is 19.1 Å². The topological polar surface area (TPSA) is 54.3 Å². The number of hydrogen-bond acceptors (Lipinski definition) is 5. The number of para-hydroxylation sites is 1. The van der Waals surface area contributed by atoms with Crippen molar-refractivity contribution in [2.24, 2.45) is 0 Å². The number of thiazole rings is 1. The summed E-state index contributed by atoms with van der Waals surface area (Å²) in [6.07, 6.45) is 0. The van der Waals surface area contributed by atoms with Crippen LogP contribution < -0.4 is 4.90 Å². The number of fused-ring (bicyclic) bond motifs is 1. The number of nitrogens with zero attached hydrogens (tertiary/aromatic N) is 5. The van der Waals surface area contributed by atoms with Crippen LogP contribution in [0.4, 0.5) is 5.13 Å². The second-order valence-electron chi connectivity index (χ2n) is 7.61. The Kier molecular flexibility index (Phi) is 6.70. The van der Waals surface area contributed by atoms with Gasteiger partial charge in [0.1, 0.15) is 5.69 Å². The third kappa shape index (κ3) is 4.51. The van der Waals surface area contributed by atoms with Gasteiger partial charge in [0.2, 0.25) is 0 Å². The van der Waals surface area contributed by atoms with E-state index in [1.165, 1.54) is 0 Å². The van der Waals surface area contributed by atoms with Crippen molar-refractivity contribution in [3.63, 3.8) is 0 Å². The second kappa shape index (κ2) is 9.05. The van der Waals surface area contributed by atoms with Gasteiger partial charge in [0.05, 0.1) is 15.9 Å². The molecule has 29 heavy (non-hydrogen) atoms. The molecule has 1 aromatic carbocycles. The summed E-state index contributed by atoms with van der Waals surface area (Å²) in [6.45, 7) is 15.7. The number of amides is 1. The highest BCUT2D eigenvalue weighted by Gasteiger charge is 2.26. The van der Waals surface area contributed by atoms with E-state index in [9.17, 15) is 4.79 Å². The zero-order valence-electron chi connectivity index (χ0n) is 18.3. The Morgan fingerprint density at radius 2 is 1.90 bits per heavy atom. The number of aryl methyl sites for hydroxylation is 2. The van der Waals surface area contributed by atoms with Crippen molar-refractivity contribution in [2.45, 2.75) is 47.6 Å². The summed E-state index contributed by atoms with van der Waals surface area (Å²) in [7, 11) is 0. The SMILES string of the molecule is CCN(CC)CCN(C(=O)c1cc(C)nn1C(C)C)c1nc2c(C)cccc2s1. The van der Waals surface area contributed by atoms with E-state index >= 15 is 0 Å². The molecule has 1 amide bonds. The fourth-order valence-corrected chi connectivity index (χ4v) is 4.53. The third-order valence-corrected chi connectivity index (χ3v) is 6.23. The van der Waals surface area contributed by atoms with Gasteiger partial charge < -0.3 is 4.90 Å². The van der Waals surface area contributed by atoms with Crippen LogP contribution in [0.2, 0.25) is 0 Å². The highest BCUT2D eigenvalue weighted by Crippen LogP contribution is 2.31. The first-order chi connectivity index (χ1) is 13.8. The van der Waals surface area contributed by atoms with Gasteiger partial charge in [-0.25, -0.2) is 4.98 Å². The smallest absolute Gasteiger partial charge is 0.278 e. The van der Waals surface area contributed by atoms with Gasteiger partial charge in [0.15, 0.2) is 5.13 Å². The number of rotatable bonds is 8. The van der Waals surface area contributed by atoms with E-state index in [-0.39, 0.29) is 11.9 Å². The van der Waals surface area contributed by atoms with Gasteiger partial charge in [-0.2, -0.15) is 5.10 Å². The summed E-state index contributed by atoms with van der Waals surface area (Å²) < 4.78 is 2.93. The molecule has 0 aliphatic rings. The first-order valence-electron chi connectivity index (χ1n) is 10.3. The number of aromatic nitrogens is 3. The Hall–Kier alpha value is -2.25. The summed E-state index contributed by atoms with van der Waals surface area (Å²) in [5.74, 6) is -0.0387. The Bertz CT molecular complexity index is 986. The van der Waals surface area contributed by atoms with Crippen molar-refractivity contribution < 1.29 is 4.79 Å². The number of hydrogen-bond donors (Lipinski definition) is 0. The van der Waals surface area contributed by atoms with E-state index in [4.69, 9.17) is 4.98 Å². The molecule has 2 heterocycles. The van der Waals surface area contributed by atoms with Crippen molar-refractivity contribution in [1.29, 1.82) is 0 Å². The molecule has 0 radical (unpaired) electrons. The Morgan fingerprint density at radius 1 is 1.17 bits per heavy atom. The predicted molar refractivity (Wildman–Crippen MR) is 121 cm³/mol. The van der Waals surface area contributed by atoms with Gasteiger partial charge >= 0.3 is 0 Å². The minimum Gasteiger partial charge on any atom is -0.302 e. The average Bonchev–Trinajstić information content (AvgIpc) is 3.29. The first kappa shape index (κ1) is 21.5. The molecule has 0 N–H and O–H groups in total. The standard InChI is InChI=1S/C22H31N5OS/c1-7-25(8-2)12-13-26(21(28)18-14-17(6)24-27(18)15(3)4)22-23-20-16(5)10-9-11-19(20)29-22/h9-11,14-15H,7-8,12-13H2,1-6H3. The normalized spacial score (nSPS) is 11.7. The molecular weight excluding hydrogens is 382 g/mol. The second-order valence-corrected chi connectivity index (χ2v) is 8.62. The van der Waals surface area contributed by atoms with Crippen molar-refractivity contribution in [3.05, 3.63) is 41.2 Å². The minimum atomic E-state index is -0.0387. The molecule has 0 aliphatic carbocycles. The summed E-state index contributed by atoms with van der Waals surface area (Å²) >= 11 is 1.58. The monoisotopic (exact) mass is 413 g/mol. The maximum Gasteiger partial charge on any atom is 0.278 e. The molecule has 0 saturated carbocycles. The van der Waals surface area contributed by atoms with Gasteiger partial charge in [0.25, 0.3) is 5.91 Å².